The summed E-state index contributed by atoms with van der Waals surface area (Å²) in [7, 11) is 0. The Morgan fingerprint density at radius 1 is 1.47 bits per heavy atom. The SMILES string of the molecule is CC1CN(C(=O)CCC(=O)O)c2ccc(Br)cc2S1. The minimum atomic E-state index is -0.941. The third-order valence-corrected chi connectivity index (χ3v) is 4.46. The molecule has 1 unspecified atom stereocenters. The fourth-order valence-corrected chi connectivity index (χ4v) is 3.66. The minimum Gasteiger partial charge on any atom is -0.481 e. The van der Waals surface area contributed by atoms with Crippen LogP contribution in [0.2, 0.25) is 0 Å². The Morgan fingerprint density at radius 3 is 2.89 bits per heavy atom. The smallest absolute Gasteiger partial charge is 0.303 e. The molecule has 4 nitrogen and oxygen atoms in total. The van der Waals surface area contributed by atoms with Gasteiger partial charge in [-0.3, -0.25) is 9.59 Å². The van der Waals surface area contributed by atoms with Crippen LogP contribution >= 0.6 is 27.7 Å². The molecular formula is C13H14BrNO3S. The Labute approximate surface area is 124 Å². The van der Waals surface area contributed by atoms with Gasteiger partial charge in [-0.2, -0.15) is 0 Å². The van der Waals surface area contributed by atoms with E-state index >= 15 is 0 Å². The molecule has 0 fully saturated rings. The number of rotatable bonds is 3. The summed E-state index contributed by atoms with van der Waals surface area (Å²) >= 11 is 5.15. The Balaban J connectivity index is 2.22. The van der Waals surface area contributed by atoms with E-state index in [1.807, 2.05) is 18.2 Å². The number of halogens is 1. The second-order valence-electron chi connectivity index (χ2n) is 4.44. The van der Waals surface area contributed by atoms with Crippen LogP contribution in [0.25, 0.3) is 0 Å². The van der Waals surface area contributed by atoms with E-state index < -0.39 is 5.97 Å². The molecule has 102 valence electrons. The normalized spacial score (nSPS) is 18.0. The van der Waals surface area contributed by atoms with Gasteiger partial charge in [0.15, 0.2) is 0 Å². The molecule has 1 aliphatic rings. The van der Waals surface area contributed by atoms with Gasteiger partial charge in [-0.15, -0.1) is 11.8 Å². The number of nitrogens with zero attached hydrogens (tertiary/aromatic N) is 1. The van der Waals surface area contributed by atoms with Crippen LogP contribution in [0.4, 0.5) is 5.69 Å². The number of carboxylic acid groups (broad SMARTS) is 1. The first-order valence-electron chi connectivity index (χ1n) is 5.95. The maximum Gasteiger partial charge on any atom is 0.303 e. The van der Waals surface area contributed by atoms with Gasteiger partial charge in [-0.25, -0.2) is 0 Å². The Morgan fingerprint density at radius 2 is 2.21 bits per heavy atom. The number of thioether (sulfide) groups is 1. The minimum absolute atomic E-state index is 0.0439. The highest BCUT2D eigenvalue weighted by atomic mass is 79.9. The maximum absolute atomic E-state index is 12.1. The maximum atomic E-state index is 12.1. The quantitative estimate of drug-likeness (QED) is 0.915. The molecule has 1 amide bonds. The monoisotopic (exact) mass is 343 g/mol. The van der Waals surface area contributed by atoms with Crippen LogP contribution < -0.4 is 4.90 Å². The molecule has 2 rings (SSSR count). The largest absolute Gasteiger partial charge is 0.481 e. The van der Waals surface area contributed by atoms with Crippen molar-refractivity contribution in [2.45, 2.75) is 29.9 Å². The highest BCUT2D eigenvalue weighted by molar-refractivity contribution is 9.10. The van der Waals surface area contributed by atoms with Crippen molar-refractivity contribution < 1.29 is 14.7 Å². The molecule has 0 saturated heterocycles. The van der Waals surface area contributed by atoms with E-state index in [9.17, 15) is 9.59 Å². The van der Waals surface area contributed by atoms with Gasteiger partial charge in [0.1, 0.15) is 0 Å². The van der Waals surface area contributed by atoms with Crippen molar-refractivity contribution in [2.75, 3.05) is 11.4 Å². The second-order valence-corrected chi connectivity index (χ2v) is 6.83. The fourth-order valence-electron chi connectivity index (χ4n) is 2.00. The summed E-state index contributed by atoms with van der Waals surface area (Å²) in [6.07, 6.45) is -0.0784. The number of carbonyl (C=O) groups excluding carboxylic acids is 1. The molecule has 1 aliphatic heterocycles. The van der Waals surface area contributed by atoms with Crippen molar-refractivity contribution in [2.24, 2.45) is 0 Å². The van der Waals surface area contributed by atoms with E-state index in [4.69, 9.17) is 5.11 Å². The van der Waals surface area contributed by atoms with Gasteiger partial charge in [0.05, 0.1) is 12.1 Å². The van der Waals surface area contributed by atoms with E-state index in [0.29, 0.717) is 11.8 Å². The van der Waals surface area contributed by atoms with Gasteiger partial charge in [0.25, 0.3) is 0 Å². The Bertz CT molecular complexity index is 521. The lowest BCUT2D eigenvalue weighted by molar-refractivity contribution is -0.138. The van der Waals surface area contributed by atoms with E-state index in [1.54, 1.807) is 16.7 Å². The predicted octanol–water partition coefficient (Wildman–Crippen LogP) is 3.14. The Kier molecular flexibility index (Phi) is 4.52. The molecule has 0 spiro atoms. The zero-order valence-corrected chi connectivity index (χ0v) is 12.8. The molecule has 0 radical (unpaired) electrons. The molecule has 0 bridgehead atoms. The van der Waals surface area contributed by atoms with Crippen LogP contribution in [0.15, 0.2) is 27.6 Å². The molecule has 19 heavy (non-hydrogen) atoms. The molecule has 0 saturated carbocycles. The zero-order chi connectivity index (χ0) is 14.0. The standard InChI is InChI=1S/C13H14BrNO3S/c1-8-7-15(12(16)4-5-13(17)18)10-3-2-9(14)6-11(10)19-8/h2-3,6,8H,4-5,7H2,1H3,(H,17,18). The van der Waals surface area contributed by atoms with E-state index in [2.05, 4.69) is 22.9 Å². The van der Waals surface area contributed by atoms with Crippen LogP contribution in [-0.4, -0.2) is 28.8 Å². The van der Waals surface area contributed by atoms with Gasteiger partial charge in [-0.05, 0) is 18.2 Å². The fraction of sp³-hybridized carbons (Fsp3) is 0.385. The first kappa shape index (κ1) is 14.4. The number of benzene rings is 1. The van der Waals surface area contributed by atoms with Gasteiger partial charge in [0.2, 0.25) is 5.91 Å². The third kappa shape index (κ3) is 3.51. The van der Waals surface area contributed by atoms with Gasteiger partial charge >= 0.3 is 5.97 Å². The number of carbonyl (C=O) groups is 2. The summed E-state index contributed by atoms with van der Waals surface area (Å²) < 4.78 is 0.978. The van der Waals surface area contributed by atoms with E-state index in [-0.39, 0.29) is 18.7 Å². The van der Waals surface area contributed by atoms with Crippen LogP contribution in [0, 0.1) is 0 Å². The molecule has 0 aliphatic carbocycles. The third-order valence-electron chi connectivity index (χ3n) is 2.83. The topological polar surface area (TPSA) is 57.6 Å². The molecular weight excluding hydrogens is 330 g/mol. The number of hydrogen-bond acceptors (Lipinski definition) is 3. The molecule has 1 aromatic carbocycles. The van der Waals surface area contributed by atoms with Crippen LogP contribution in [-0.2, 0) is 9.59 Å². The number of aliphatic carboxylic acids is 1. The van der Waals surface area contributed by atoms with Crippen LogP contribution in [0.3, 0.4) is 0 Å². The number of anilines is 1. The summed E-state index contributed by atoms with van der Waals surface area (Å²) in [4.78, 5) is 25.5. The number of hydrogen-bond donors (Lipinski definition) is 1. The van der Waals surface area contributed by atoms with E-state index in [1.165, 1.54) is 0 Å². The lowest BCUT2D eigenvalue weighted by Gasteiger charge is -2.32. The van der Waals surface area contributed by atoms with Crippen molar-refractivity contribution in [1.82, 2.24) is 0 Å². The van der Waals surface area contributed by atoms with Gasteiger partial charge in [-0.1, -0.05) is 22.9 Å². The van der Waals surface area contributed by atoms with Crippen LogP contribution in [0.5, 0.6) is 0 Å². The van der Waals surface area contributed by atoms with Crippen molar-refractivity contribution >= 4 is 45.3 Å². The lowest BCUT2D eigenvalue weighted by Crippen LogP contribution is -2.38. The molecule has 6 heteroatoms. The number of carboxylic acids is 1. The van der Waals surface area contributed by atoms with E-state index in [0.717, 1.165) is 15.1 Å². The van der Waals surface area contributed by atoms with Crippen molar-refractivity contribution in [1.29, 1.82) is 0 Å². The molecule has 1 N–H and O–H groups in total. The summed E-state index contributed by atoms with van der Waals surface area (Å²) in [5.74, 6) is -1.07. The molecule has 0 aromatic heterocycles. The number of fused-ring (bicyclic) bond motifs is 1. The summed E-state index contributed by atoms with van der Waals surface area (Å²) in [5, 5.41) is 8.96. The first-order chi connectivity index (χ1) is 8.97. The average Bonchev–Trinajstić information content (AvgIpc) is 2.34. The summed E-state index contributed by atoms with van der Waals surface area (Å²) in [5.41, 5.74) is 0.877. The van der Waals surface area contributed by atoms with Crippen molar-refractivity contribution in [3.63, 3.8) is 0 Å². The number of amides is 1. The first-order valence-corrected chi connectivity index (χ1v) is 7.63. The zero-order valence-electron chi connectivity index (χ0n) is 10.4. The highest BCUT2D eigenvalue weighted by Crippen LogP contribution is 2.40. The average molecular weight is 344 g/mol. The predicted molar refractivity (Wildman–Crippen MR) is 78.7 cm³/mol. The summed E-state index contributed by atoms with van der Waals surface area (Å²) in [6, 6.07) is 5.79. The molecule has 1 aromatic rings. The van der Waals surface area contributed by atoms with Gasteiger partial charge in [0, 0.05) is 27.6 Å². The second kappa shape index (κ2) is 5.96. The summed E-state index contributed by atoms with van der Waals surface area (Å²) in [6.45, 7) is 2.68. The van der Waals surface area contributed by atoms with Gasteiger partial charge < -0.3 is 10.0 Å². The molecule has 1 heterocycles. The van der Waals surface area contributed by atoms with Crippen LogP contribution in [0.1, 0.15) is 19.8 Å². The van der Waals surface area contributed by atoms with Crippen molar-refractivity contribution in [3.8, 4) is 0 Å². The highest BCUT2D eigenvalue weighted by Gasteiger charge is 2.27. The van der Waals surface area contributed by atoms with Crippen molar-refractivity contribution in [3.05, 3.63) is 22.7 Å². The Hall–Kier alpha value is -1.01. The molecule has 1 atom stereocenters. The lowest BCUT2D eigenvalue weighted by atomic mass is 10.2.